The summed E-state index contributed by atoms with van der Waals surface area (Å²) in [6.45, 7) is 0.457. The smallest absolute Gasteiger partial charge is 0.326 e. The second-order valence-electron chi connectivity index (χ2n) is 4.34. The Morgan fingerprint density at radius 2 is 1.95 bits per heavy atom. The zero-order chi connectivity index (χ0) is 15.1. The zero-order valence-corrected chi connectivity index (χ0v) is 11.1. The molecule has 0 radical (unpaired) electrons. The maximum Gasteiger partial charge on any atom is 0.326 e. The van der Waals surface area contributed by atoms with Crippen LogP contribution in [0.3, 0.4) is 0 Å². The molecule has 0 unspecified atom stereocenters. The molecule has 7 heteroatoms. The molecule has 0 saturated heterocycles. The lowest BCUT2D eigenvalue weighted by atomic mass is 10.1. The Labute approximate surface area is 116 Å². The number of rotatable bonds is 7. The van der Waals surface area contributed by atoms with E-state index in [9.17, 15) is 19.8 Å². The van der Waals surface area contributed by atoms with Crippen molar-refractivity contribution in [1.82, 2.24) is 10.6 Å². The van der Waals surface area contributed by atoms with Gasteiger partial charge in [-0.2, -0.15) is 0 Å². The van der Waals surface area contributed by atoms with Crippen molar-refractivity contribution in [2.75, 3.05) is 13.6 Å². The first-order chi connectivity index (χ1) is 9.43. The van der Waals surface area contributed by atoms with Gasteiger partial charge in [-0.15, -0.1) is 0 Å². The fourth-order valence-electron chi connectivity index (χ4n) is 1.64. The summed E-state index contributed by atoms with van der Waals surface area (Å²) >= 11 is 0. The number of hydrogen-bond donors (Lipinski definition) is 5. The first-order valence-electron chi connectivity index (χ1n) is 6.11. The molecule has 0 fully saturated rings. The number of phenols is 2. The quantitative estimate of drug-likeness (QED) is 0.443. The molecule has 1 aromatic carbocycles. The highest BCUT2D eigenvalue weighted by molar-refractivity contribution is 5.83. The van der Waals surface area contributed by atoms with Crippen LogP contribution in [-0.4, -0.2) is 46.8 Å². The van der Waals surface area contributed by atoms with Gasteiger partial charge >= 0.3 is 5.97 Å². The molecular weight excluding hydrogens is 264 g/mol. The molecule has 0 aliphatic heterocycles. The van der Waals surface area contributed by atoms with Crippen molar-refractivity contribution < 1.29 is 24.9 Å². The van der Waals surface area contributed by atoms with Gasteiger partial charge < -0.3 is 26.0 Å². The number of carboxylic acid groups (broad SMARTS) is 1. The van der Waals surface area contributed by atoms with Crippen LogP contribution in [0.2, 0.25) is 0 Å². The van der Waals surface area contributed by atoms with Gasteiger partial charge in [0.2, 0.25) is 5.91 Å². The number of amides is 1. The van der Waals surface area contributed by atoms with E-state index in [0.29, 0.717) is 12.1 Å². The number of phenolic OH excluding ortho intramolecular Hbond substituents is 2. The van der Waals surface area contributed by atoms with Gasteiger partial charge in [-0.05, 0) is 24.7 Å². The summed E-state index contributed by atoms with van der Waals surface area (Å²) in [5, 5.41) is 32.8. The number of carbonyl (C=O) groups is 2. The van der Waals surface area contributed by atoms with Crippen LogP contribution in [0.15, 0.2) is 18.2 Å². The standard InChI is InChI=1S/C13H18N2O5/c1-14-5-4-12(18)15-9(13(19)20)6-8-2-3-10(16)11(17)7-8/h2-3,7,9,14,16-17H,4-6H2,1H3,(H,15,18)(H,19,20)/t9-/m0/s1. The molecule has 20 heavy (non-hydrogen) atoms. The maximum atomic E-state index is 11.5. The van der Waals surface area contributed by atoms with E-state index in [-0.39, 0.29) is 30.2 Å². The van der Waals surface area contributed by atoms with E-state index in [2.05, 4.69) is 10.6 Å². The zero-order valence-electron chi connectivity index (χ0n) is 11.1. The predicted octanol–water partition coefficient (Wildman–Crippen LogP) is -0.181. The van der Waals surface area contributed by atoms with Crippen LogP contribution in [-0.2, 0) is 16.0 Å². The molecule has 0 aliphatic rings. The van der Waals surface area contributed by atoms with Crippen molar-refractivity contribution in [2.24, 2.45) is 0 Å². The Bertz CT molecular complexity index is 490. The van der Waals surface area contributed by atoms with Crippen LogP contribution in [0, 0.1) is 0 Å². The van der Waals surface area contributed by atoms with Gasteiger partial charge in [0.1, 0.15) is 6.04 Å². The number of nitrogens with one attached hydrogen (secondary N) is 2. The van der Waals surface area contributed by atoms with Crippen LogP contribution >= 0.6 is 0 Å². The number of hydrogen-bond acceptors (Lipinski definition) is 5. The van der Waals surface area contributed by atoms with E-state index < -0.39 is 12.0 Å². The van der Waals surface area contributed by atoms with E-state index in [1.807, 2.05) is 0 Å². The van der Waals surface area contributed by atoms with E-state index >= 15 is 0 Å². The normalized spacial score (nSPS) is 11.8. The first-order valence-corrected chi connectivity index (χ1v) is 6.11. The minimum Gasteiger partial charge on any atom is -0.504 e. The van der Waals surface area contributed by atoms with Gasteiger partial charge in [0.15, 0.2) is 11.5 Å². The fourth-order valence-corrected chi connectivity index (χ4v) is 1.64. The second kappa shape index (κ2) is 7.34. The minimum absolute atomic E-state index is 0.0223. The van der Waals surface area contributed by atoms with Gasteiger partial charge in [-0.3, -0.25) is 4.79 Å². The SMILES string of the molecule is CNCCC(=O)N[C@@H](Cc1ccc(O)c(O)c1)C(=O)O. The summed E-state index contributed by atoms with van der Waals surface area (Å²) in [7, 11) is 1.70. The molecule has 7 nitrogen and oxygen atoms in total. The predicted molar refractivity (Wildman–Crippen MR) is 71.6 cm³/mol. The van der Waals surface area contributed by atoms with Crippen LogP contribution in [0.4, 0.5) is 0 Å². The Kier molecular flexibility index (Phi) is 5.79. The van der Waals surface area contributed by atoms with Crippen LogP contribution in [0.5, 0.6) is 11.5 Å². The lowest BCUT2D eigenvalue weighted by Gasteiger charge is -2.15. The number of benzene rings is 1. The van der Waals surface area contributed by atoms with Crippen molar-refractivity contribution in [3.8, 4) is 11.5 Å². The average molecular weight is 282 g/mol. The lowest BCUT2D eigenvalue weighted by Crippen LogP contribution is -2.43. The molecule has 1 amide bonds. The molecule has 1 atom stereocenters. The number of aliphatic carboxylic acids is 1. The van der Waals surface area contributed by atoms with Crippen molar-refractivity contribution in [1.29, 1.82) is 0 Å². The Balaban J connectivity index is 2.69. The second-order valence-corrected chi connectivity index (χ2v) is 4.34. The molecule has 0 aromatic heterocycles. The number of aromatic hydroxyl groups is 2. The Morgan fingerprint density at radius 1 is 1.25 bits per heavy atom. The summed E-state index contributed by atoms with van der Waals surface area (Å²) in [5.41, 5.74) is 0.501. The molecule has 1 rings (SSSR count). The van der Waals surface area contributed by atoms with E-state index in [1.165, 1.54) is 18.2 Å². The third-order valence-corrected chi connectivity index (χ3v) is 2.72. The van der Waals surface area contributed by atoms with Crippen LogP contribution in [0.25, 0.3) is 0 Å². The number of carboxylic acids is 1. The van der Waals surface area contributed by atoms with Gasteiger partial charge in [0.05, 0.1) is 0 Å². The van der Waals surface area contributed by atoms with Crippen LogP contribution in [0.1, 0.15) is 12.0 Å². The highest BCUT2D eigenvalue weighted by Gasteiger charge is 2.20. The highest BCUT2D eigenvalue weighted by atomic mass is 16.4. The summed E-state index contributed by atoms with van der Waals surface area (Å²) < 4.78 is 0. The molecular formula is C13H18N2O5. The molecule has 0 aliphatic carbocycles. The molecule has 0 spiro atoms. The average Bonchev–Trinajstić information content (AvgIpc) is 2.39. The summed E-state index contributed by atoms with van der Waals surface area (Å²) in [6, 6.07) is 2.95. The molecule has 0 bridgehead atoms. The van der Waals surface area contributed by atoms with Gasteiger partial charge in [0, 0.05) is 19.4 Å². The molecule has 1 aromatic rings. The maximum absolute atomic E-state index is 11.5. The first kappa shape index (κ1) is 15.8. The Hall–Kier alpha value is -2.28. The van der Waals surface area contributed by atoms with Crippen molar-refractivity contribution in [3.63, 3.8) is 0 Å². The van der Waals surface area contributed by atoms with Gasteiger partial charge in [-0.25, -0.2) is 4.79 Å². The van der Waals surface area contributed by atoms with Crippen LogP contribution < -0.4 is 10.6 Å². The van der Waals surface area contributed by atoms with Gasteiger partial charge in [-0.1, -0.05) is 6.07 Å². The van der Waals surface area contributed by atoms with E-state index in [1.54, 1.807) is 7.05 Å². The molecule has 0 heterocycles. The fraction of sp³-hybridized carbons (Fsp3) is 0.385. The summed E-state index contributed by atoms with van der Waals surface area (Å²) in [6.07, 6.45) is 0.204. The third kappa shape index (κ3) is 4.77. The Morgan fingerprint density at radius 3 is 2.50 bits per heavy atom. The van der Waals surface area contributed by atoms with Crippen molar-refractivity contribution >= 4 is 11.9 Å². The summed E-state index contributed by atoms with van der Waals surface area (Å²) in [5.74, 6) is -2.13. The molecule has 0 saturated carbocycles. The lowest BCUT2D eigenvalue weighted by molar-refractivity contribution is -0.141. The monoisotopic (exact) mass is 282 g/mol. The molecule has 110 valence electrons. The van der Waals surface area contributed by atoms with Crippen molar-refractivity contribution in [3.05, 3.63) is 23.8 Å². The van der Waals surface area contributed by atoms with E-state index in [0.717, 1.165) is 0 Å². The minimum atomic E-state index is -1.16. The van der Waals surface area contributed by atoms with E-state index in [4.69, 9.17) is 5.11 Å². The largest absolute Gasteiger partial charge is 0.504 e. The van der Waals surface area contributed by atoms with Crippen molar-refractivity contribution in [2.45, 2.75) is 18.9 Å². The third-order valence-electron chi connectivity index (χ3n) is 2.72. The topological polar surface area (TPSA) is 119 Å². The number of carbonyl (C=O) groups excluding carboxylic acids is 1. The highest BCUT2D eigenvalue weighted by Crippen LogP contribution is 2.25. The summed E-state index contributed by atoms with van der Waals surface area (Å²) in [4.78, 5) is 22.6. The van der Waals surface area contributed by atoms with Gasteiger partial charge in [0.25, 0.3) is 0 Å². The molecule has 5 N–H and O–H groups in total.